The highest BCUT2D eigenvalue weighted by atomic mass is 19.1. The largest absolute Gasteiger partial charge is 0.491 e. The number of nitrogens with one attached hydrogen (secondary N) is 2. The van der Waals surface area contributed by atoms with Gasteiger partial charge >= 0.3 is 0 Å². The first kappa shape index (κ1) is 17.0. The Bertz CT molecular complexity index is 792. The van der Waals surface area contributed by atoms with Crippen LogP contribution in [0.5, 0.6) is 5.75 Å². The minimum absolute atomic E-state index is 0.0146. The smallest absolute Gasteiger partial charge is 0.227 e. The van der Waals surface area contributed by atoms with E-state index in [0.717, 1.165) is 5.56 Å². The van der Waals surface area contributed by atoms with Gasteiger partial charge in [-0.25, -0.2) is 4.39 Å². The summed E-state index contributed by atoms with van der Waals surface area (Å²) in [5.74, 6) is -0.0251. The lowest BCUT2D eigenvalue weighted by molar-refractivity contribution is -0.120. The molecule has 0 unspecified atom stereocenters. The molecule has 130 valence electrons. The third kappa shape index (κ3) is 4.56. The fourth-order valence-electron chi connectivity index (χ4n) is 2.65. The fourth-order valence-corrected chi connectivity index (χ4v) is 2.65. The van der Waals surface area contributed by atoms with Crippen molar-refractivity contribution in [3.8, 4) is 5.75 Å². The van der Waals surface area contributed by atoms with Gasteiger partial charge in [-0.2, -0.15) is 0 Å². The van der Waals surface area contributed by atoms with Gasteiger partial charge in [-0.1, -0.05) is 24.3 Å². The molecule has 0 bridgehead atoms. The number of ether oxygens (including phenoxy) is 1. The van der Waals surface area contributed by atoms with Gasteiger partial charge in [0.1, 0.15) is 11.6 Å². The standard InChI is InChI=1S/C19H19FN2O3/c20-15-4-2-1-3-14(15)12-19(24)21-9-7-13-5-6-17-16(11-13)22-18(23)8-10-25-17/h1-6,11H,7-10,12H2,(H,21,24)(H,22,23). The summed E-state index contributed by atoms with van der Waals surface area (Å²) in [7, 11) is 0. The van der Waals surface area contributed by atoms with Crippen LogP contribution in [0.4, 0.5) is 10.1 Å². The summed E-state index contributed by atoms with van der Waals surface area (Å²) in [5.41, 5.74) is 2.00. The Morgan fingerprint density at radius 2 is 2.08 bits per heavy atom. The lowest BCUT2D eigenvalue weighted by atomic mass is 10.1. The van der Waals surface area contributed by atoms with Crippen LogP contribution < -0.4 is 15.4 Å². The van der Waals surface area contributed by atoms with Gasteiger partial charge in [0.05, 0.1) is 25.1 Å². The number of hydrogen-bond donors (Lipinski definition) is 2. The number of benzene rings is 2. The van der Waals surface area contributed by atoms with E-state index in [1.807, 2.05) is 18.2 Å². The third-order valence-electron chi connectivity index (χ3n) is 3.95. The molecule has 3 rings (SSSR count). The van der Waals surface area contributed by atoms with Gasteiger partial charge in [0.25, 0.3) is 0 Å². The van der Waals surface area contributed by atoms with Crippen LogP contribution in [0, 0.1) is 5.82 Å². The van der Waals surface area contributed by atoms with E-state index in [9.17, 15) is 14.0 Å². The molecule has 1 aliphatic rings. The van der Waals surface area contributed by atoms with Gasteiger partial charge in [0.2, 0.25) is 11.8 Å². The molecule has 0 saturated carbocycles. The van der Waals surface area contributed by atoms with Crippen molar-refractivity contribution in [1.29, 1.82) is 0 Å². The molecule has 1 heterocycles. The van der Waals surface area contributed by atoms with E-state index in [0.29, 0.717) is 43.0 Å². The van der Waals surface area contributed by atoms with Crippen molar-refractivity contribution >= 4 is 17.5 Å². The van der Waals surface area contributed by atoms with E-state index in [-0.39, 0.29) is 24.1 Å². The van der Waals surface area contributed by atoms with Gasteiger partial charge in [-0.05, 0) is 35.7 Å². The Morgan fingerprint density at radius 1 is 1.24 bits per heavy atom. The van der Waals surface area contributed by atoms with Crippen LogP contribution in [-0.2, 0) is 22.4 Å². The van der Waals surface area contributed by atoms with Crippen molar-refractivity contribution in [1.82, 2.24) is 5.32 Å². The molecule has 2 amide bonds. The molecule has 5 nitrogen and oxygen atoms in total. The van der Waals surface area contributed by atoms with Crippen LogP contribution in [0.3, 0.4) is 0 Å². The summed E-state index contributed by atoms with van der Waals surface area (Å²) in [6, 6.07) is 11.8. The van der Waals surface area contributed by atoms with Crippen LogP contribution in [-0.4, -0.2) is 25.0 Å². The lowest BCUT2D eigenvalue weighted by Gasteiger charge is -2.10. The summed E-state index contributed by atoms with van der Waals surface area (Å²) in [6.07, 6.45) is 0.947. The molecule has 0 spiro atoms. The number of hydrogen-bond acceptors (Lipinski definition) is 3. The fraction of sp³-hybridized carbons (Fsp3) is 0.263. The number of rotatable bonds is 5. The predicted octanol–water partition coefficient (Wildman–Crippen LogP) is 2.45. The molecule has 2 N–H and O–H groups in total. The Labute approximate surface area is 145 Å². The molecule has 0 aliphatic carbocycles. The minimum Gasteiger partial charge on any atom is -0.491 e. The lowest BCUT2D eigenvalue weighted by Crippen LogP contribution is -2.27. The molecule has 6 heteroatoms. The van der Waals surface area contributed by atoms with E-state index in [1.54, 1.807) is 18.2 Å². The SMILES string of the molecule is O=C(Cc1ccccc1F)NCCc1ccc2c(c1)NC(=O)CCO2. The van der Waals surface area contributed by atoms with Gasteiger partial charge in [0, 0.05) is 6.54 Å². The maximum absolute atomic E-state index is 13.5. The molecule has 1 aliphatic heterocycles. The molecule has 2 aromatic rings. The second-order valence-electron chi connectivity index (χ2n) is 5.85. The Balaban J connectivity index is 1.53. The van der Waals surface area contributed by atoms with Crippen molar-refractivity contribution in [3.05, 3.63) is 59.4 Å². The first-order chi connectivity index (χ1) is 12.1. The molecule has 0 radical (unpaired) electrons. The van der Waals surface area contributed by atoms with E-state index < -0.39 is 0 Å². The molecular weight excluding hydrogens is 323 g/mol. The highest BCUT2D eigenvalue weighted by Crippen LogP contribution is 2.28. The zero-order valence-electron chi connectivity index (χ0n) is 13.7. The molecule has 25 heavy (non-hydrogen) atoms. The molecule has 0 atom stereocenters. The normalized spacial score (nSPS) is 13.2. The Morgan fingerprint density at radius 3 is 2.92 bits per heavy atom. The maximum atomic E-state index is 13.5. The van der Waals surface area contributed by atoms with Crippen molar-refractivity contribution in [2.75, 3.05) is 18.5 Å². The van der Waals surface area contributed by atoms with Gasteiger partial charge < -0.3 is 15.4 Å². The van der Waals surface area contributed by atoms with Gasteiger partial charge in [0.15, 0.2) is 0 Å². The van der Waals surface area contributed by atoms with Crippen molar-refractivity contribution in [2.45, 2.75) is 19.3 Å². The number of fused-ring (bicyclic) bond motifs is 1. The Kier molecular flexibility index (Phi) is 5.28. The minimum atomic E-state index is -0.376. The van der Waals surface area contributed by atoms with Crippen LogP contribution >= 0.6 is 0 Å². The highest BCUT2D eigenvalue weighted by molar-refractivity contribution is 5.93. The molecule has 0 aromatic heterocycles. The molecular formula is C19H19FN2O3. The monoisotopic (exact) mass is 342 g/mol. The van der Waals surface area contributed by atoms with Gasteiger partial charge in [-0.15, -0.1) is 0 Å². The molecule has 2 aromatic carbocycles. The second kappa shape index (κ2) is 7.79. The predicted molar refractivity (Wildman–Crippen MR) is 92.0 cm³/mol. The van der Waals surface area contributed by atoms with E-state index in [2.05, 4.69) is 10.6 Å². The van der Waals surface area contributed by atoms with Crippen LogP contribution in [0.15, 0.2) is 42.5 Å². The number of carbonyl (C=O) groups is 2. The van der Waals surface area contributed by atoms with E-state index >= 15 is 0 Å². The van der Waals surface area contributed by atoms with E-state index in [4.69, 9.17) is 4.74 Å². The zero-order chi connectivity index (χ0) is 17.6. The van der Waals surface area contributed by atoms with Crippen molar-refractivity contribution in [3.63, 3.8) is 0 Å². The zero-order valence-corrected chi connectivity index (χ0v) is 13.7. The number of carbonyl (C=O) groups excluding carboxylic acids is 2. The summed E-state index contributed by atoms with van der Waals surface area (Å²) in [6.45, 7) is 0.797. The van der Waals surface area contributed by atoms with Crippen LogP contribution in [0.25, 0.3) is 0 Å². The second-order valence-corrected chi connectivity index (χ2v) is 5.85. The first-order valence-corrected chi connectivity index (χ1v) is 8.17. The summed E-state index contributed by atoms with van der Waals surface area (Å²) in [5, 5.41) is 5.59. The third-order valence-corrected chi connectivity index (χ3v) is 3.95. The van der Waals surface area contributed by atoms with Crippen LogP contribution in [0.2, 0.25) is 0 Å². The topological polar surface area (TPSA) is 67.4 Å². The summed E-state index contributed by atoms with van der Waals surface area (Å²) < 4.78 is 19.0. The molecule has 0 fully saturated rings. The van der Waals surface area contributed by atoms with Crippen molar-refractivity contribution < 1.29 is 18.7 Å². The Hall–Kier alpha value is -2.89. The van der Waals surface area contributed by atoms with Crippen LogP contribution in [0.1, 0.15) is 17.5 Å². The van der Waals surface area contributed by atoms with Gasteiger partial charge in [-0.3, -0.25) is 9.59 Å². The summed E-state index contributed by atoms with van der Waals surface area (Å²) in [4.78, 5) is 23.5. The quantitative estimate of drug-likeness (QED) is 0.877. The first-order valence-electron chi connectivity index (χ1n) is 8.17. The highest BCUT2D eigenvalue weighted by Gasteiger charge is 2.14. The molecule has 0 saturated heterocycles. The van der Waals surface area contributed by atoms with E-state index in [1.165, 1.54) is 6.07 Å². The number of halogens is 1. The summed E-state index contributed by atoms with van der Waals surface area (Å²) >= 11 is 0. The average Bonchev–Trinajstić information content (AvgIpc) is 2.77. The number of anilines is 1. The maximum Gasteiger partial charge on any atom is 0.227 e. The average molecular weight is 342 g/mol. The number of amides is 2. The van der Waals surface area contributed by atoms with Crippen molar-refractivity contribution in [2.24, 2.45) is 0 Å².